The lowest BCUT2D eigenvalue weighted by molar-refractivity contribution is -0.113. The number of imidazole rings is 1. The molecule has 7 heteroatoms. The Labute approximate surface area is 176 Å². The van der Waals surface area contributed by atoms with E-state index in [-0.39, 0.29) is 17.4 Å². The lowest BCUT2D eigenvalue weighted by Crippen LogP contribution is -2.14. The Bertz CT molecular complexity index is 1230. The highest BCUT2D eigenvalue weighted by atomic mass is 32.2. The van der Waals surface area contributed by atoms with Gasteiger partial charge in [0.15, 0.2) is 5.78 Å². The molecule has 0 aliphatic heterocycles. The van der Waals surface area contributed by atoms with Crippen LogP contribution in [-0.2, 0) is 4.79 Å². The number of Topliss-reactive ketones (excluding diaryl/α,β-unsaturated/α-hetero) is 1. The quantitative estimate of drug-likeness (QED) is 0.349. The number of carbonyl (C=O) groups excluding carboxylic acids is 2. The van der Waals surface area contributed by atoms with E-state index in [1.807, 2.05) is 53.1 Å². The third-order valence-electron chi connectivity index (χ3n) is 4.58. The predicted octanol–water partition coefficient (Wildman–Crippen LogP) is 5.10. The number of carbonyl (C=O) groups is 2. The Morgan fingerprint density at radius 1 is 1.07 bits per heavy atom. The number of anilines is 1. The van der Waals surface area contributed by atoms with Gasteiger partial charge < -0.3 is 5.32 Å². The maximum atomic E-state index is 14.1. The van der Waals surface area contributed by atoms with Crippen LogP contribution in [0.1, 0.15) is 17.3 Å². The van der Waals surface area contributed by atoms with Crippen LogP contribution in [0.5, 0.6) is 0 Å². The Morgan fingerprint density at radius 3 is 2.57 bits per heavy atom. The zero-order valence-corrected chi connectivity index (χ0v) is 16.9. The number of halogens is 1. The van der Waals surface area contributed by atoms with Crippen molar-refractivity contribution in [2.24, 2.45) is 0 Å². The van der Waals surface area contributed by atoms with Crippen LogP contribution >= 0.6 is 11.8 Å². The van der Waals surface area contributed by atoms with E-state index < -0.39 is 5.82 Å². The summed E-state index contributed by atoms with van der Waals surface area (Å²) in [5, 5.41) is 2.81. The van der Waals surface area contributed by atoms with E-state index in [1.54, 1.807) is 12.4 Å². The fourth-order valence-corrected chi connectivity index (χ4v) is 3.77. The molecule has 150 valence electrons. The molecule has 0 fully saturated rings. The number of nitrogens with one attached hydrogen (secondary N) is 1. The number of benzene rings is 3. The van der Waals surface area contributed by atoms with Gasteiger partial charge in [-0.1, -0.05) is 18.2 Å². The summed E-state index contributed by atoms with van der Waals surface area (Å²) in [6.45, 7) is 1.38. The van der Waals surface area contributed by atoms with Gasteiger partial charge >= 0.3 is 0 Å². The first-order valence-electron chi connectivity index (χ1n) is 9.27. The Hall–Kier alpha value is -3.45. The molecule has 0 aliphatic carbocycles. The number of rotatable bonds is 6. The van der Waals surface area contributed by atoms with Crippen LogP contribution in [0.2, 0.25) is 0 Å². The van der Waals surface area contributed by atoms with Gasteiger partial charge in [0.2, 0.25) is 5.91 Å². The third-order valence-corrected chi connectivity index (χ3v) is 5.63. The highest BCUT2D eigenvalue weighted by molar-refractivity contribution is 8.00. The van der Waals surface area contributed by atoms with E-state index in [2.05, 4.69) is 10.3 Å². The molecule has 0 saturated carbocycles. The van der Waals surface area contributed by atoms with Crippen molar-refractivity contribution in [3.05, 3.63) is 84.4 Å². The van der Waals surface area contributed by atoms with Gasteiger partial charge in [-0.3, -0.25) is 14.2 Å². The molecule has 3 aromatic carbocycles. The van der Waals surface area contributed by atoms with Crippen LogP contribution < -0.4 is 5.32 Å². The molecule has 30 heavy (non-hydrogen) atoms. The molecule has 1 aromatic heterocycles. The first-order valence-corrected chi connectivity index (χ1v) is 10.3. The lowest BCUT2D eigenvalue weighted by atomic mass is 10.1. The first kappa shape index (κ1) is 19.8. The van der Waals surface area contributed by atoms with E-state index >= 15 is 0 Å². The third kappa shape index (κ3) is 4.26. The minimum absolute atomic E-state index is 0.0598. The second-order valence-electron chi connectivity index (χ2n) is 6.69. The Balaban J connectivity index is 1.39. The summed E-state index contributed by atoms with van der Waals surface area (Å²) in [6.07, 6.45) is 1.76. The molecule has 0 bridgehead atoms. The summed E-state index contributed by atoms with van der Waals surface area (Å²) in [6, 6.07) is 19.6. The van der Waals surface area contributed by atoms with Crippen molar-refractivity contribution < 1.29 is 14.0 Å². The summed E-state index contributed by atoms with van der Waals surface area (Å²) >= 11 is 1.09. The van der Waals surface area contributed by atoms with E-state index in [1.165, 1.54) is 19.1 Å². The first-order chi connectivity index (χ1) is 14.5. The van der Waals surface area contributed by atoms with Gasteiger partial charge in [-0.15, -0.1) is 11.8 Å². The van der Waals surface area contributed by atoms with Crippen LogP contribution in [0.25, 0.3) is 16.7 Å². The highest BCUT2D eigenvalue weighted by Crippen LogP contribution is 2.24. The van der Waals surface area contributed by atoms with Crippen molar-refractivity contribution in [1.82, 2.24) is 9.55 Å². The normalized spacial score (nSPS) is 10.9. The second kappa shape index (κ2) is 8.51. The highest BCUT2D eigenvalue weighted by Gasteiger charge is 2.10. The molecule has 0 atom stereocenters. The summed E-state index contributed by atoms with van der Waals surface area (Å²) in [4.78, 5) is 28.2. The smallest absolute Gasteiger partial charge is 0.234 e. The van der Waals surface area contributed by atoms with E-state index in [0.29, 0.717) is 16.1 Å². The fourth-order valence-electron chi connectivity index (χ4n) is 3.05. The van der Waals surface area contributed by atoms with Crippen LogP contribution in [0.3, 0.4) is 0 Å². The molecule has 0 unspecified atom stereocenters. The monoisotopic (exact) mass is 419 g/mol. The zero-order valence-electron chi connectivity index (χ0n) is 16.1. The summed E-state index contributed by atoms with van der Waals surface area (Å²) in [7, 11) is 0. The molecular formula is C23H18FN3O2S. The number of thioether (sulfide) groups is 1. The zero-order chi connectivity index (χ0) is 21.1. The van der Waals surface area contributed by atoms with E-state index in [0.717, 1.165) is 28.5 Å². The summed E-state index contributed by atoms with van der Waals surface area (Å²) in [5.74, 6) is -0.881. The molecule has 0 spiro atoms. The molecule has 4 aromatic rings. The second-order valence-corrected chi connectivity index (χ2v) is 7.71. The molecule has 0 saturated heterocycles. The average molecular weight is 419 g/mol. The molecule has 5 nitrogen and oxygen atoms in total. The van der Waals surface area contributed by atoms with Gasteiger partial charge in [0.05, 0.1) is 16.8 Å². The molecule has 0 radical (unpaired) electrons. The predicted molar refractivity (Wildman–Crippen MR) is 117 cm³/mol. The van der Waals surface area contributed by atoms with Gasteiger partial charge in [-0.05, 0) is 55.5 Å². The Kier molecular flexibility index (Phi) is 5.63. The van der Waals surface area contributed by atoms with Crippen LogP contribution in [0.15, 0.2) is 78.0 Å². The Morgan fingerprint density at radius 2 is 1.83 bits per heavy atom. The number of fused-ring (bicyclic) bond motifs is 1. The van der Waals surface area contributed by atoms with Crippen molar-refractivity contribution in [3.63, 3.8) is 0 Å². The lowest BCUT2D eigenvalue weighted by Gasteiger charge is -2.08. The number of hydrogen-bond acceptors (Lipinski definition) is 4. The van der Waals surface area contributed by atoms with Gasteiger partial charge in [-0.25, -0.2) is 9.37 Å². The number of ketones is 1. The van der Waals surface area contributed by atoms with Gasteiger partial charge in [0, 0.05) is 21.8 Å². The number of amides is 1. The number of para-hydroxylation sites is 2. The number of aromatic nitrogens is 2. The van der Waals surface area contributed by atoms with Gasteiger partial charge in [0.25, 0.3) is 0 Å². The van der Waals surface area contributed by atoms with Crippen molar-refractivity contribution in [2.75, 3.05) is 11.1 Å². The molecule has 0 aliphatic rings. The SMILES string of the molecule is CC(=O)c1ccc(SCC(=O)Nc2ccc(-n3cnc4ccccc43)cc2)c(F)c1. The van der Waals surface area contributed by atoms with Crippen molar-refractivity contribution in [3.8, 4) is 5.69 Å². The van der Waals surface area contributed by atoms with Gasteiger partial charge in [0.1, 0.15) is 12.1 Å². The van der Waals surface area contributed by atoms with Crippen LogP contribution in [-0.4, -0.2) is 27.0 Å². The van der Waals surface area contributed by atoms with Gasteiger partial charge in [-0.2, -0.15) is 0 Å². The summed E-state index contributed by atoms with van der Waals surface area (Å²) in [5.41, 5.74) is 3.82. The maximum absolute atomic E-state index is 14.1. The van der Waals surface area contributed by atoms with Crippen molar-refractivity contribution >= 4 is 40.2 Å². The molecule has 1 heterocycles. The number of hydrogen-bond donors (Lipinski definition) is 1. The average Bonchev–Trinajstić information content (AvgIpc) is 3.17. The topological polar surface area (TPSA) is 64.0 Å². The summed E-state index contributed by atoms with van der Waals surface area (Å²) < 4.78 is 16.0. The fraction of sp³-hybridized carbons (Fsp3) is 0.0870. The van der Waals surface area contributed by atoms with Crippen LogP contribution in [0, 0.1) is 5.82 Å². The van der Waals surface area contributed by atoms with E-state index in [9.17, 15) is 14.0 Å². The maximum Gasteiger partial charge on any atom is 0.234 e. The molecule has 1 amide bonds. The largest absolute Gasteiger partial charge is 0.325 e. The molecular weight excluding hydrogens is 401 g/mol. The minimum Gasteiger partial charge on any atom is -0.325 e. The molecule has 4 rings (SSSR count). The number of nitrogens with zero attached hydrogens (tertiary/aromatic N) is 2. The standard InChI is InChI=1S/C23H18FN3O2S/c1-15(28)16-6-11-22(19(24)12-16)30-13-23(29)26-17-7-9-18(10-8-17)27-14-25-20-4-2-3-5-21(20)27/h2-12,14H,13H2,1H3,(H,26,29). The van der Waals surface area contributed by atoms with Crippen molar-refractivity contribution in [2.45, 2.75) is 11.8 Å². The van der Waals surface area contributed by atoms with E-state index in [4.69, 9.17) is 0 Å². The van der Waals surface area contributed by atoms with Crippen molar-refractivity contribution in [1.29, 1.82) is 0 Å². The molecule has 1 N–H and O–H groups in total. The van der Waals surface area contributed by atoms with Crippen LogP contribution in [0.4, 0.5) is 10.1 Å². The minimum atomic E-state index is -0.502.